The molecule has 4 nitrogen and oxygen atoms in total. The van der Waals surface area contributed by atoms with Crippen molar-refractivity contribution in [1.29, 1.82) is 0 Å². The molecule has 0 aliphatic heterocycles. The van der Waals surface area contributed by atoms with Gasteiger partial charge in [0.1, 0.15) is 12.4 Å². The number of aliphatic carboxylic acids is 1. The van der Waals surface area contributed by atoms with Crippen LogP contribution in [0.1, 0.15) is 49.1 Å². The van der Waals surface area contributed by atoms with E-state index in [-0.39, 0.29) is 6.54 Å². The standard InChI is InChI=1S/C17H22N2O2/c1-10-5-4-6-13(10)17-18-14-7-11(2)12(3)8-15(14)19(17)9-16(20)21/h7-8,10,13H,4-6,9H2,1-3H3,(H,20,21). The van der Waals surface area contributed by atoms with Gasteiger partial charge >= 0.3 is 5.97 Å². The summed E-state index contributed by atoms with van der Waals surface area (Å²) in [4.78, 5) is 16.1. The highest BCUT2D eigenvalue weighted by molar-refractivity contribution is 5.80. The number of hydrogen-bond donors (Lipinski definition) is 1. The SMILES string of the molecule is Cc1cc2nc(C3CCCC3C)n(CC(=O)O)c2cc1C. The van der Waals surface area contributed by atoms with E-state index in [0.717, 1.165) is 23.3 Å². The van der Waals surface area contributed by atoms with Gasteiger partial charge in [-0.15, -0.1) is 0 Å². The van der Waals surface area contributed by atoms with Gasteiger partial charge in [0, 0.05) is 5.92 Å². The molecular formula is C17H22N2O2. The van der Waals surface area contributed by atoms with Crippen molar-refractivity contribution >= 4 is 17.0 Å². The number of fused-ring (bicyclic) bond motifs is 1. The van der Waals surface area contributed by atoms with Crippen LogP contribution in [0.2, 0.25) is 0 Å². The largest absolute Gasteiger partial charge is 0.480 e. The molecule has 112 valence electrons. The van der Waals surface area contributed by atoms with E-state index in [2.05, 4.69) is 32.9 Å². The van der Waals surface area contributed by atoms with Crippen molar-refractivity contribution in [3.8, 4) is 0 Å². The van der Waals surface area contributed by atoms with Crippen molar-refractivity contribution in [2.75, 3.05) is 0 Å². The molecule has 3 rings (SSSR count). The van der Waals surface area contributed by atoms with Crippen LogP contribution >= 0.6 is 0 Å². The number of carbonyl (C=O) groups is 1. The first-order valence-corrected chi connectivity index (χ1v) is 7.66. The summed E-state index contributed by atoms with van der Waals surface area (Å²) >= 11 is 0. The Hall–Kier alpha value is -1.84. The Morgan fingerprint density at radius 2 is 2.05 bits per heavy atom. The zero-order valence-corrected chi connectivity index (χ0v) is 12.9. The summed E-state index contributed by atoms with van der Waals surface area (Å²) in [5, 5.41) is 9.25. The maximum Gasteiger partial charge on any atom is 0.323 e. The molecule has 1 fully saturated rings. The Morgan fingerprint density at radius 3 is 2.67 bits per heavy atom. The summed E-state index contributed by atoms with van der Waals surface area (Å²) in [6, 6.07) is 4.15. The van der Waals surface area contributed by atoms with Crippen LogP contribution < -0.4 is 0 Å². The Balaban J connectivity index is 2.19. The van der Waals surface area contributed by atoms with Crippen LogP contribution in [0.15, 0.2) is 12.1 Å². The highest BCUT2D eigenvalue weighted by Crippen LogP contribution is 2.40. The Bertz CT molecular complexity index is 702. The molecule has 2 aromatic rings. The molecular weight excluding hydrogens is 264 g/mol. The third-order valence-corrected chi connectivity index (χ3v) is 4.88. The number of carboxylic acids is 1. The Kier molecular flexibility index (Phi) is 3.47. The fourth-order valence-corrected chi connectivity index (χ4v) is 3.51. The predicted molar refractivity (Wildman–Crippen MR) is 82.6 cm³/mol. The quantitative estimate of drug-likeness (QED) is 0.937. The van der Waals surface area contributed by atoms with Crippen LogP contribution in [0, 0.1) is 19.8 Å². The van der Waals surface area contributed by atoms with Crippen molar-refractivity contribution < 1.29 is 9.90 Å². The second-order valence-electron chi connectivity index (χ2n) is 6.39. The third-order valence-electron chi connectivity index (χ3n) is 4.88. The minimum atomic E-state index is -0.806. The van der Waals surface area contributed by atoms with Crippen LogP contribution in [0.5, 0.6) is 0 Å². The van der Waals surface area contributed by atoms with Crippen LogP contribution in [0.25, 0.3) is 11.0 Å². The lowest BCUT2D eigenvalue weighted by atomic mass is 9.97. The lowest BCUT2D eigenvalue weighted by Gasteiger charge is -2.16. The molecule has 0 amide bonds. The topological polar surface area (TPSA) is 55.1 Å². The highest BCUT2D eigenvalue weighted by atomic mass is 16.4. The van der Waals surface area contributed by atoms with E-state index in [1.165, 1.54) is 24.0 Å². The lowest BCUT2D eigenvalue weighted by Crippen LogP contribution is -2.16. The van der Waals surface area contributed by atoms with Crippen LogP contribution in [0.3, 0.4) is 0 Å². The summed E-state index contributed by atoms with van der Waals surface area (Å²) in [6.45, 7) is 6.38. The molecule has 1 saturated carbocycles. The van der Waals surface area contributed by atoms with Crippen LogP contribution in [0.4, 0.5) is 0 Å². The molecule has 1 aromatic carbocycles. The van der Waals surface area contributed by atoms with Crippen molar-refractivity contribution in [3.05, 3.63) is 29.1 Å². The molecule has 4 heteroatoms. The molecule has 1 aliphatic carbocycles. The smallest absolute Gasteiger partial charge is 0.323 e. The zero-order valence-electron chi connectivity index (χ0n) is 12.9. The number of nitrogens with zero attached hydrogens (tertiary/aromatic N) is 2. The summed E-state index contributed by atoms with van der Waals surface area (Å²) in [7, 11) is 0. The van der Waals surface area contributed by atoms with Gasteiger partial charge in [0.2, 0.25) is 0 Å². The second kappa shape index (κ2) is 5.17. The average molecular weight is 286 g/mol. The van der Waals surface area contributed by atoms with Crippen molar-refractivity contribution in [1.82, 2.24) is 9.55 Å². The average Bonchev–Trinajstić information content (AvgIpc) is 2.95. The monoisotopic (exact) mass is 286 g/mol. The van der Waals surface area contributed by atoms with Gasteiger partial charge in [-0.1, -0.05) is 13.3 Å². The molecule has 0 spiro atoms. The molecule has 1 aliphatic rings. The first-order chi connectivity index (χ1) is 9.97. The van der Waals surface area contributed by atoms with Gasteiger partial charge < -0.3 is 9.67 Å². The number of aryl methyl sites for hydroxylation is 2. The summed E-state index contributed by atoms with van der Waals surface area (Å²) in [6.07, 6.45) is 3.53. The van der Waals surface area contributed by atoms with E-state index in [4.69, 9.17) is 4.98 Å². The second-order valence-corrected chi connectivity index (χ2v) is 6.39. The molecule has 0 saturated heterocycles. The van der Waals surface area contributed by atoms with Crippen LogP contribution in [-0.2, 0) is 11.3 Å². The minimum absolute atomic E-state index is 0.00243. The Morgan fingerprint density at radius 1 is 1.33 bits per heavy atom. The van der Waals surface area contributed by atoms with E-state index in [9.17, 15) is 9.90 Å². The number of hydrogen-bond acceptors (Lipinski definition) is 2. The summed E-state index contributed by atoms with van der Waals surface area (Å²) in [5.41, 5.74) is 4.26. The number of aromatic nitrogens is 2. The Labute approximate surface area is 124 Å². The van der Waals surface area contributed by atoms with E-state index in [0.29, 0.717) is 11.8 Å². The van der Waals surface area contributed by atoms with Gasteiger partial charge in [-0.2, -0.15) is 0 Å². The van der Waals surface area contributed by atoms with E-state index in [1.54, 1.807) is 0 Å². The molecule has 0 radical (unpaired) electrons. The fourth-order valence-electron chi connectivity index (χ4n) is 3.51. The lowest BCUT2D eigenvalue weighted by molar-refractivity contribution is -0.137. The molecule has 1 heterocycles. The van der Waals surface area contributed by atoms with E-state index in [1.807, 2.05) is 4.57 Å². The van der Waals surface area contributed by atoms with Gasteiger partial charge in [0.25, 0.3) is 0 Å². The maximum absolute atomic E-state index is 11.3. The molecule has 1 aromatic heterocycles. The van der Waals surface area contributed by atoms with Gasteiger partial charge in [0.05, 0.1) is 11.0 Å². The predicted octanol–water partition coefficient (Wildman–Crippen LogP) is 3.64. The fraction of sp³-hybridized carbons (Fsp3) is 0.529. The summed E-state index contributed by atoms with van der Waals surface area (Å²) < 4.78 is 1.91. The maximum atomic E-state index is 11.3. The van der Waals surface area contributed by atoms with Gasteiger partial charge in [-0.05, 0) is 55.9 Å². The van der Waals surface area contributed by atoms with Gasteiger partial charge in [-0.3, -0.25) is 4.79 Å². The number of benzene rings is 1. The van der Waals surface area contributed by atoms with Crippen LogP contribution in [-0.4, -0.2) is 20.6 Å². The number of carboxylic acid groups (broad SMARTS) is 1. The first-order valence-electron chi connectivity index (χ1n) is 7.66. The zero-order chi connectivity index (χ0) is 15.1. The van der Waals surface area contributed by atoms with E-state index < -0.39 is 5.97 Å². The number of imidazole rings is 1. The van der Waals surface area contributed by atoms with Gasteiger partial charge in [-0.25, -0.2) is 4.98 Å². The van der Waals surface area contributed by atoms with Crippen molar-refractivity contribution in [2.45, 2.75) is 52.5 Å². The molecule has 0 bridgehead atoms. The number of rotatable bonds is 3. The van der Waals surface area contributed by atoms with Gasteiger partial charge in [0.15, 0.2) is 0 Å². The summed E-state index contributed by atoms with van der Waals surface area (Å²) in [5.74, 6) is 1.12. The van der Waals surface area contributed by atoms with Crippen molar-refractivity contribution in [2.24, 2.45) is 5.92 Å². The molecule has 1 N–H and O–H groups in total. The minimum Gasteiger partial charge on any atom is -0.480 e. The normalized spacial score (nSPS) is 22.0. The molecule has 2 atom stereocenters. The van der Waals surface area contributed by atoms with E-state index >= 15 is 0 Å². The molecule has 2 unspecified atom stereocenters. The molecule has 21 heavy (non-hydrogen) atoms. The third kappa shape index (κ3) is 2.43. The van der Waals surface area contributed by atoms with Crippen molar-refractivity contribution in [3.63, 3.8) is 0 Å². The highest BCUT2D eigenvalue weighted by Gasteiger charge is 2.30. The first kappa shape index (κ1) is 14.1.